The molecule has 0 bridgehead atoms. The molecule has 1 N–H and O–H groups in total. The number of aryl methyl sites for hydroxylation is 2. The monoisotopic (exact) mass is 404 g/mol. The van der Waals surface area contributed by atoms with E-state index in [0.29, 0.717) is 21.5 Å². The number of hydrogen-bond donors (Lipinski definition) is 1. The maximum Gasteiger partial charge on any atom is 0.263 e. The van der Waals surface area contributed by atoms with E-state index in [1.165, 1.54) is 16.9 Å². The first-order chi connectivity index (χ1) is 12.5. The lowest BCUT2D eigenvalue weighted by Crippen LogP contribution is -2.22. The molecule has 0 spiro atoms. The van der Waals surface area contributed by atoms with Gasteiger partial charge in [0.15, 0.2) is 0 Å². The summed E-state index contributed by atoms with van der Waals surface area (Å²) in [6.45, 7) is 4.31. The molecule has 6 heteroatoms. The summed E-state index contributed by atoms with van der Waals surface area (Å²) < 4.78 is 0. The topological polar surface area (TPSA) is 42.0 Å². The Balaban J connectivity index is 1.74. The predicted molar refractivity (Wildman–Crippen MR) is 109 cm³/mol. The van der Waals surface area contributed by atoms with Gasteiger partial charge >= 0.3 is 0 Å². The van der Waals surface area contributed by atoms with Crippen LogP contribution in [-0.2, 0) is 13.0 Å². The summed E-state index contributed by atoms with van der Waals surface area (Å²) in [5, 5.41) is 4.86. The molecule has 0 aliphatic heterocycles. The first kappa shape index (κ1) is 18.9. The fraction of sp³-hybridized carbons (Fsp3) is 0.200. The van der Waals surface area contributed by atoms with Gasteiger partial charge in [-0.3, -0.25) is 4.79 Å². The average molecular weight is 405 g/mol. The molecular weight excluding hydrogens is 387 g/mol. The van der Waals surface area contributed by atoms with E-state index in [1.54, 1.807) is 12.1 Å². The van der Waals surface area contributed by atoms with Crippen LogP contribution in [0.15, 0.2) is 42.5 Å². The third-order valence-corrected chi connectivity index (χ3v) is 5.86. The summed E-state index contributed by atoms with van der Waals surface area (Å²) >= 11 is 13.5. The number of rotatable bonds is 5. The zero-order valence-electron chi connectivity index (χ0n) is 14.5. The number of aromatic nitrogens is 1. The molecule has 26 heavy (non-hydrogen) atoms. The van der Waals surface area contributed by atoms with Crippen LogP contribution in [0.2, 0.25) is 10.0 Å². The summed E-state index contributed by atoms with van der Waals surface area (Å²) in [5.41, 5.74) is 3.85. The second-order valence-corrected chi connectivity index (χ2v) is 7.75. The van der Waals surface area contributed by atoms with Crippen molar-refractivity contribution in [1.82, 2.24) is 10.3 Å². The molecule has 1 aromatic heterocycles. The fourth-order valence-electron chi connectivity index (χ4n) is 2.53. The number of benzene rings is 2. The number of thiazole rings is 1. The fourth-order valence-corrected chi connectivity index (χ4v) is 4.00. The molecule has 3 rings (SSSR count). The van der Waals surface area contributed by atoms with Crippen molar-refractivity contribution in [2.45, 2.75) is 26.8 Å². The maximum atomic E-state index is 12.6. The molecule has 1 heterocycles. The lowest BCUT2D eigenvalue weighted by molar-refractivity contribution is 0.0954. The van der Waals surface area contributed by atoms with Crippen LogP contribution in [0, 0.1) is 6.92 Å². The molecule has 134 valence electrons. The summed E-state index contributed by atoms with van der Waals surface area (Å²) in [7, 11) is 0. The van der Waals surface area contributed by atoms with Crippen LogP contribution >= 0.6 is 34.5 Å². The minimum atomic E-state index is -0.151. The number of nitrogens with zero attached hydrogens (tertiary/aromatic N) is 1. The third-order valence-electron chi connectivity index (χ3n) is 4.07. The number of hydrogen-bond acceptors (Lipinski definition) is 3. The Morgan fingerprint density at radius 2 is 1.88 bits per heavy atom. The molecule has 0 aliphatic rings. The lowest BCUT2D eigenvalue weighted by atomic mass is 10.1. The molecule has 3 nitrogen and oxygen atoms in total. The van der Waals surface area contributed by atoms with Gasteiger partial charge in [-0.15, -0.1) is 11.3 Å². The van der Waals surface area contributed by atoms with Crippen LogP contribution in [0.25, 0.3) is 10.6 Å². The van der Waals surface area contributed by atoms with E-state index in [4.69, 9.17) is 23.2 Å². The summed E-state index contributed by atoms with van der Waals surface area (Å²) in [6.07, 6.45) is 0.998. The minimum Gasteiger partial charge on any atom is -0.347 e. The molecule has 3 aromatic rings. The highest BCUT2D eigenvalue weighted by Crippen LogP contribution is 2.28. The van der Waals surface area contributed by atoms with E-state index in [9.17, 15) is 4.79 Å². The van der Waals surface area contributed by atoms with E-state index >= 15 is 0 Å². The van der Waals surface area contributed by atoms with Gasteiger partial charge in [-0.25, -0.2) is 4.98 Å². The molecular formula is C20H18Cl2N2OS. The Morgan fingerprint density at radius 1 is 1.15 bits per heavy atom. The Morgan fingerprint density at radius 3 is 2.54 bits per heavy atom. The molecule has 1 amide bonds. The Hall–Kier alpha value is -1.88. The lowest BCUT2D eigenvalue weighted by Gasteiger charge is -2.06. The Kier molecular flexibility index (Phi) is 5.97. The van der Waals surface area contributed by atoms with Gasteiger partial charge in [0.1, 0.15) is 9.88 Å². The van der Waals surface area contributed by atoms with Crippen molar-refractivity contribution in [2.24, 2.45) is 0 Å². The molecule has 0 radical (unpaired) electrons. The summed E-state index contributed by atoms with van der Waals surface area (Å²) in [6, 6.07) is 13.5. The normalized spacial score (nSPS) is 10.8. The zero-order chi connectivity index (χ0) is 18.7. The largest absolute Gasteiger partial charge is 0.347 e. The van der Waals surface area contributed by atoms with E-state index in [1.807, 2.05) is 25.1 Å². The molecule has 0 fully saturated rings. The van der Waals surface area contributed by atoms with Gasteiger partial charge in [-0.1, -0.05) is 60.5 Å². The Bertz CT molecular complexity index is 935. The van der Waals surface area contributed by atoms with Crippen molar-refractivity contribution in [3.8, 4) is 10.6 Å². The van der Waals surface area contributed by atoms with Gasteiger partial charge < -0.3 is 5.32 Å². The average Bonchev–Trinajstić information content (AvgIpc) is 3.02. The van der Waals surface area contributed by atoms with E-state index in [-0.39, 0.29) is 5.91 Å². The van der Waals surface area contributed by atoms with Crippen molar-refractivity contribution >= 4 is 40.4 Å². The molecule has 0 aliphatic carbocycles. The highest BCUT2D eigenvalue weighted by Gasteiger charge is 2.16. The number of carbonyl (C=O) groups is 1. The Labute approximate surface area is 167 Å². The SMILES string of the molecule is CCc1ccc(-c2nc(C)c(C(=O)NCc3ccc(Cl)cc3Cl)s2)cc1. The van der Waals surface area contributed by atoms with Gasteiger partial charge in [0.05, 0.1) is 5.69 Å². The van der Waals surface area contributed by atoms with Crippen molar-refractivity contribution in [2.75, 3.05) is 0 Å². The first-order valence-electron chi connectivity index (χ1n) is 8.26. The number of carbonyl (C=O) groups excluding carboxylic acids is 1. The maximum absolute atomic E-state index is 12.6. The van der Waals surface area contributed by atoms with E-state index < -0.39 is 0 Å². The molecule has 0 unspecified atom stereocenters. The van der Waals surface area contributed by atoms with Crippen LogP contribution in [0.4, 0.5) is 0 Å². The highest BCUT2D eigenvalue weighted by molar-refractivity contribution is 7.17. The van der Waals surface area contributed by atoms with Gasteiger partial charge in [0.25, 0.3) is 5.91 Å². The van der Waals surface area contributed by atoms with Crippen molar-refractivity contribution in [3.05, 3.63) is 74.2 Å². The number of nitrogens with one attached hydrogen (secondary N) is 1. The standard InChI is InChI=1S/C20H18Cl2N2OS/c1-3-13-4-6-14(7-5-13)20-24-12(2)18(26-20)19(25)23-11-15-8-9-16(21)10-17(15)22/h4-10H,3,11H2,1-2H3,(H,23,25). The highest BCUT2D eigenvalue weighted by atomic mass is 35.5. The molecule has 2 aromatic carbocycles. The van der Waals surface area contributed by atoms with Crippen molar-refractivity contribution in [3.63, 3.8) is 0 Å². The van der Waals surface area contributed by atoms with Gasteiger partial charge in [0.2, 0.25) is 0 Å². The van der Waals surface area contributed by atoms with Gasteiger partial charge in [-0.2, -0.15) is 0 Å². The number of halogens is 2. The van der Waals surface area contributed by atoms with Gasteiger partial charge in [0, 0.05) is 22.2 Å². The summed E-state index contributed by atoms with van der Waals surface area (Å²) in [5.74, 6) is -0.151. The van der Waals surface area contributed by atoms with Crippen molar-refractivity contribution in [1.29, 1.82) is 0 Å². The van der Waals surface area contributed by atoms with Crippen LogP contribution in [0.5, 0.6) is 0 Å². The second kappa shape index (κ2) is 8.21. The quantitative estimate of drug-likeness (QED) is 0.573. The smallest absolute Gasteiger partial charge is 0.263 e. The van der Waals surface area contributed by atoms with Crippen LogP contribution < -0.4 is 5.32 Å². The summed E-state index contributed by atoms with van der Waals surface area (Å²) in [4.78, 5) is 17.7. The molecule has 0 saturated carbocycles. The van der Waals surface area contributed by atoms with E-state index in [0.717, 1.165) is 28.2 Å². The third kappa shape index (κ3) is 4.26. The molecule has 0 atom stereocenters. The van der Waals surface area contributed by atoms with Crippen molar-refractivity contribution < 1.29 is 4.79 Å². The van der Waals surface area contributed by atoms with Crippen LogP contribution in [0.1, 0.15) is 33.4 Å². The molecule has 0 saturated heterocycles. The number of amides is 1. The van der Waals surface area contributed by atoms with Crippen LogP contribution in [-0.4, -0.2) is 10.9 Å². The zero-order valence-corrected chi connectivity index (χ0v) is 16.8. The van der Waals surface area contributed by atoms with Crippen LogP contribution in [0.3, 0.4) is 0 Å². The second-order valence-electron chi connectivity index (χ2n) is 5.90. The first-order valence-corrected chi connectivity index (χ1v) is 9.84. The van der Waals surface area contributed by atoms with E-state index in [2.05, 4.69) is 29.4 Å². The minimum absolute atomic E-state index is 0.151. The predicted octanol–water partition coefficient (Wildman–Crippen LogP) is 5.92. The van der Waals surface area contributed by atoms with Gasteiger partial charge in [-0.05, 0) is 36.6 Å².